The molecule has 1 rings (SSSR count). The molecule has 0 aromatic rings. The van der Waals surface area contributed by atoms with Crippen LogP contribution in [0.5, 0.6) is 0 Å². The molecule has 0 spiro atoms. The summed E-state index contributed by atoms with van der Waals surface area (Å²) in [5, 5.41) is 0. The highest BCUT2D eigenvalue weighted by molar-refractivity contribution is 5.11. The summed E-state index contributed by atoms with van der Waals surface area (Å²) < 4.78 is 10.6. The maximum absolute atomic E-state index is 5.33. The molecule has 0 aliphatic carbocycles. The highest BCUT2D eigenvalue weighted by atomic mass is 16.5. The molecule has 12 heavy (non-hydrogen) atoms. The van der Waals surface area contributed by atoms with Gasteiger partial charge in [0, 0.05) is 20.1 Å². The van der Waals surface area contributed by atoms with Crippen molar-refractivity contribution in [3.63, 3.8) is 0 Å². The van der Waals surface area contributed by atoms with Gasteiger partial charge in [0.1, 0.15) is 11.6 Å². The molecular weight excluding hydrogens is 156 g/mol. The summed E-state index contributed by atoms with van der Waals surface area (Å²) in [6, 6.07) is -0.287. The number of terminal acetylenes is 1. The zero-order chi connectivity index (χ0) is 9.03. The first-order valence-electron chi connectivity index (χ1n) is 3.84. The van der Waals surface area contributed by atoms with Gasteiger partial charge in [-0.3, -0.25) is 5.84 Å². The van der Waals surface area contributed by atoms with E-state index in [1.54, 1.807) is 7.11 Å². The van der Waals surface area contributed by atoms with Crippen LogP contribution in [0, 0.1) is 12.3 Å². The Morgan fingerprint density at radius 3 is 2.92 bits per heavy atom. The summed E-state index contributed by atoms with van der Waals surface area (Å²) in [4.78, 5) is 0. The summed E-state index contributed by atoms with van der Waals surface area (Å²) in [6.07, 6.45) is 6.08. The maximum Gasteiger partial charge on any atom is 0.121 e. The highest BCUT2D eigenvalue weighted by Crippen LogP contribution is 2.25. The first kappa shape index (κ1) is 9.49. The molecule has 3 N–H and O–H groups in total. The van der Waals surface area contributed by atoms with Crippen LogP contribution in [0.4, 0.5) is 0 Å². The molecule has 2 atom stereocenters. The van der Waals surface area contributed by atoms with Gasteiger partial charge in [0.2, 0.25) is 0 Å². The topological polar surface area (TPSA) is 56.5 Å². The van der Waals surface area contributed by atoms with E-state index in [1.165, 1.54) is 0 Å². The second-order valence-corrected chi connectivity index (χ2v) is 2.84. The Morgan fingerprint density at radius 2 is 2.58 bits per heavy atom. The summed E-state index contributed by atoms with van der Waals surface area (Å²) in [7, 11) is 1.62. The van der Waals surface area contributed by atoms with E-state index < -0.39 is 5.60 Å². The standard InChI is InChI=1S/C8H14N2O2/c1-3-7(10-9)8(11-2)4-5-12-6-8/h1,7,10H,4-6,9H2,2H3. The predicted octanol–water partition coefficient (Wildman–Crippen LogP) is -0.743. The number of nitrogens with one attached hydrogen (secondary N) is 1. The fraction of sp³-hybridized carbons (Fsp3) is 0.750. The Kier molecular flexibility index (Phi) is 3.06. The number of methoxy groups -OCH3 is 1. The van der Waals surface area contributed by atoms with Crippen molar-refractivity contribution in [1.29, 1.82) is 0 Å². The van der Waals surface area contributed by atoms with Crippen LogP contribution in [0.15, 0.2) is 0 Å². The van der Waals surface area contributed by atoms with E-state index in [4.69, 9.17) is 21.7 Å². The smallest absolute Gasteiger partial charge is 0.121 e. The van der Waals surface area contributed by atoms with Crippen molar-refractivity contribution in [3.8, 4) is 12.3 Å². The molecule has 1 saturated heterocycles. The third-order valence-electron chi connectivity index (χ3n) is 2.28. The normalized spacial score (nSPS) is 31.4. The van der Waals surface area contributed by atoms with Crippen molar-refractivity contribution in [2.24, 2.45) is 5.84 Å². The van der Waals surface area contributed by atoms with Crippen molar-refractivity contribution in [2.75, 3.05) is 20.3 Å². The van der Waals surface area contributed by atoms with Crippen LogP contribution in [0.2, 0.25) is 0 Å². The Labute approximate surface area is 72.4 Å². The molecule has 0 radical (unpaired) electrons. The third kappa shape index (κ3) is 1.45. The molecule has 1 aliphatic rings. The Hall–Kier alpha value is -0.600. The minimum Gasteiger partial charge on any atom is -0.378 e. The Bertz CT molecular complexity index is 182. The van der Waals surface area contributed by atoms with Crippen LogP contribution in [-0.2, 0) is 9.47 Å². The lowest BCUT2D eigenvalue weighted by molar-refractivity contribution is -0.0315. The number of hydrogen-bond donors (Lipinski definition) is 2. The maximum atomic E-state index is 5.33. The lowest BCUT2D eigenvalue weighted by Crippen LogP contribution is -2.54. The van der Waals surface area contributed by atoms with Gasteiger partial charge in [-0.2, -0.15) is 0 Å². The monoisotopic (exact) mass is 170 g/mol. The number of rotatable bonds is 3. The predicted molar refractivity (Wildman–Crippen MR) is 45.1 cm³/mol. The highest BCUT2D eigenvalue weighted by Gasteiger charge is 2.41. The van der Waals surface area contributed by atoms with Gasteiger partial charge in [0.25, 0.3) is 0 Å². The largest absolute Gasteiger partial charge is 0.378 e. The molecule has 68 valence electrons. The zero-order valence-corrected chi connectivity index (χ0v) is 7.17. The first-order valence-corrected chi connectivity index (χ1v) is 3.84. The van der Waals surface area contributed by atoms with E-state index in [2.05, 4.69) is 11.3 Å². The van der Waals surface area contributed by atoms with Gasteiger partial charge in [-0.25, -0.2) is 5.43 Å². The quantitative estimate of drug-likeness (QED) is 0.333. The van der Waals surface area contributed by atoms with Gasteiger partial charge in [0.15, 0.2) is 0 Å². The van der Waals surface area contributed by atoms with E-state index in [1.807, 2.05) is 0 Å². The average molecular weight is 170 g/mol. The molecule has 1 aliphatic heterocycles. The molecule has 0 aromatic carbocycles. The Morgan fingerprint density at radius 1 is 1.83 bits per heavy atom. The van der Waals surface area contributed by atoms with Crippen molar-refractivity contribution < 1.29 is 9.47 Å². The molecule has 1 fully saturated rings. The molecule has 4 nitrogen and oxygen atoms in total. The number of hydrazine groups is 1. The molecule has 0 bridgehead atoms. The SMILES string of the molecule is C#CC(NN)C1(OC)CCOC1. The summed E-state index contributed by atoms with van der Waals surface area (Å²) >= 11 is 0. The fourth-order valence-electron chi connectivity index (χ4n) is 1.42. The zero-order valence-electron chi connectivity index (χ0n) is 7.17. The summed E-state index contributed by atoms with van der Waals surface area (Å²) in [5.74, 6) is 7.84. The van der Waals surface area contributed by atoms with E-state index in [9.17, 15) is 0 Å². The van der Waals surface area contributed by atoms with Crippen LogP contribution >= 0.6 is 0 Å². The van der Waals surface area contributed by atoms with Crippen LogP contribution in [0.1, 0.15) is 6.42 Å². The fourth-order valence-corrected chi connectivity index (χ4v) is 1.42. The summed E-state index contributed by atoms with van der Waals surface area (Å²) in [5.41, 5.74) is 2.10. The molecule has 2 unspecified atom stereocenters. The summed E-state index contributed by atoms with van der Waals surface area (Å²) in [6.45, 7) is 1.18. The molecule has 1 heterocycles. The van der Waals surface area contributed by atoms with Crippen molar-refractivity contribution in [1.82, 2.24) is 5.43 Å². The minimum atomic E-state index is -0.441. The van der Waals surface area contributed by atoms with Gasteiger partial charge in [-0.05, 0) is 0 Å². The Balaban J connectivity index is 2.71. The van der Waals surface area contributed by atoms with E-state index in [0.29, 0.717) is 13.2 Å². The molecular formula is C8H14N2O2. The van der Waals surface area contributed by atoms with Crippen molar-refractivity contribution in [2.45, 2.75) is 18.1 Å². The number of ether oxygens (including phenoxy) is 2. The van der Waals surface area contributed by atoms with Gasteiger partial charge >= 0.3 is 0 Å². The first-order chi connectivity index (χ1) is 5.79. The molecule has 0 saturated carbocycles. The average Bonchev–Trinajstić information content (AvgIpc) is 2.56. The second-order valence-electron chi connectivity index (χ2n) is 2.84. The van der Waals surface area contributed by atoms with Crippen LogP contribution in [-0.4, -0.2) is 32.0 Å². The van der Waals surface area contributed by atoms with Gasteiger partial charge < -0.3 is 9.47 Å². The number of nitrogens with two attached hydrogens (primary N) is 1. The van der Waals surface area contributed by atoms with Crippen molar-refractivity contribution >= 4 is 0 Å². The van der Waals surface area contributed by atoms with Gasteiger partial charge in [0.05, 0.1) is 6.61 Å². The molecule has 4 heteroatoms. The van der Waals surface area contributed by atoms with Gasteiger partial charge in [-0.15, -0.1) is 6.42 Å². The molecule has 0 amide bonds. The van der Waals surface area contributed by atoms with Gasteiger partial charge in [-0.1, -0.05) is 5.92 Å². The number of hydrogen-bond acceptors (Lipinski definition) is 4. The second kappa shape index (κ2) is 3.87. The molecule has 0 aromatic heterocycles. The van der Waals surface area contributed by atoms with Crippen LogP contribution in [0.3, 0.4) is 0 Å². The lowest BCUT2D eigenvalue weighted by Gasteiger charge is -2.30. The van der Waals surface area contributed by atoms with E-state index >= 15 is 0 Å². The van der Waals surface area contributed by atoms with Crippen molar-refractivity contribution in [3.05, 3.63) is 0 Å². The minimum absolute atomic E-state index is 0.287. The van der Waals surface area contributed by atoms with E-state index in [0.717, 1.165) is 6.42 Å². The third-order valence-corrected chi connectivity index (χ3v) is 2.28. The van der Waals surface area contributed by atoms with Crippen LogP contribution < -0.4 is 11.3 Å². The van der Waals surface area contributed by atoms with Crippen LogP contribution in [0.25, 0.3) is 0 Å². The van der Waals surface area contributed by atoms with E-state index in [-0.39, 0.29) is 6.04 Å². The lowest BCUT2D eigenvalue weighted by atomic mass is 9.94.